The van der Waals surface area contributed by atoms with Crippen LogP contribution in [0.3, 0.4) is 0 Å². The van der Waals surface area contributed by atoms with Crippen LogP contribution in [-0.4, -0.2) is 43.6 Å². The minimum atomic E-state index is -0.576. The number of nitrogens with zero attached hydrogens (tertiary/aromatic N) is 5. The Balaban J connectivity index is 2.29. The van der Waals surface area contributed by atoms with Gasteiger partial charge in [-0.3, -0.25) is 4.57 Å². The maximum atomic E-state index is 11.8. The standard InChI is InChI=1S/C12H17N7O2/c1-7(2)8(9(20)21-3)15-11-16-10(13)17-12(18-11)19-5-4-14-6-19/h4-8H,1-3H3,(H3,13,15,16,17,18). The zero-order valence-corrected chi connectivity index (χ0v) is 12.0. The Labute approximate surface area is 121 Å². The predicted molar refractivity (Wildman–Crippen MR) is 75.6 cm³/mol. The molecule has 9 heteroatoms. The smallest absolute Gasteiger partial charge is 0.328 e. The van der Waals surface area contributed by atoms with Crippen molar-refractivity contribution in [1.82, 2.24) is 24.5 Å². The van der Waals surface area contributed by atoms with Gasteiger partial charge in [-0.2, -0.15) is 15.0 Å². The van der Waals surface area contributed by atoms with Gasteiger partial charge in [0, 0.05) is 12.4 Å². The maximum Gasteiger partial charge on any atom is 0.328 e. The fourth-order valence-electron chi connectivity index (χ4n) is 1.70. The third kappa shape index (κ3) is 3.44. The Kier molecular flexibility index (Phi) is 4.31. The zero-order chi connectivity index (χ0) is 15.4. The molecule has 0 aromatic carbocycles. The summed E-state index contributed by atoms with van der Waals surface area (Å²) >= 11 is 0. The molecule has 0 aliphatic carbocycles. The van der Waals surface area contributed by atoms with E-state index < -0.39 is 12.0 Å². The van der Waals surface area contributed by atoms with Gasteiger partial charge in [-0.25, -0.2) is 9.78 Å². The van der Waals surface area contributed by atoms with Crippen LogP contribution in [-0.2, 0) is 9.53 Å². The molecule has 0 amide bonds. The van der Waals surface area contributed by atoms with Crippen molar-refractivity contribution in [3.8, 4) is 5.95 Å². The van der Waals surface area contributed by atoms with Crippen LogP contribution in [0.25, 0.3) is 5.95 Å². The number of methoxy groups -OCH3 is 1. The zero-order valence-electron chi connectivity index (χ0n) is 12.0. The Bertz CT molecular complexity index is 612. The highest BCUT2D eigenvalue weighted by atomic mass is 16.5. The number of hydrogen-bond acceptors (Lipinski definition) is 8. The van der Waals surface area contributed by atoms with Gasteiger partial charge in [-0.05, 0) is 5.92 Å². The molecular formula is C12H17N7O2. The minimum absolute atomic E-state index is 0.00728. The third-order valence-electron chi connectivity index (χ3n) is 2.78. The van der Waals surface area contributed by atoms with E-state index in [4.69, 9.17) is 10.5 Å². The second-order valence-electron chi connectivity index (χ2n) is 4.68. The molecule has 0 bridgehead atoms. The lowest BCUT2D eigenvalue weighted by Crippen LogP contribution is -2.36. The number of anilines is 2. The van der Waals surface area contributed by atoms with Gasteiger partial charge in [0.05, 0.1) is 7.11 Å². The highest BCUT2D eigenvalue weighted by Crippen LogP contribution is 2.12. The van der Waals surface area contributed by atoms with E-state index in [1.54, 1.807) is 23.3 Å². The molecule has 2 heterocycles. The van der Waals surface area contributed by atoms with E-state index in [9.17, 15) is 4.79 Å². The number of nitrogens with one attached hydrogen (secondary N) is 1. The van der Waals surface area contributed by atoms with E-state index >= 15 is 0 Å². The van der Waals surface area contributed by atoms with E-state index in [1.807, 2.05) is 13.8 Å². The lowest BCUT2D eigenvalue weighted by Gasteiger charge is -2.19. The first kappa shape index (κ1) is 14.7. The van der Waals surface area contributed by atoms with E-state index in [-0.39, 0.29) is 17.8 Å². The van der Waals surface area contributed by atoms with Crippen LogP contribution in [0.5, 0.6) is 0 Å². The van der Waals surface area contributed by atoms with Crippen LogP contribution >= 0.6 is 0 Å². The molecule has 112 valence electrons. The number of imidazole rings is 1. The van der Waals surface area contributed by atoms with Gasteiger partial charge < -0.3 is 15.8 Å². The summed E-state index contributed by atoms with van der Waals surface area (Å²) in [4.78, 5) is 27.9. The normalized spacial score (nSPS) is 12.2. The Morgan fingerprint density at radius 2 is 2.14 bits per heavy atom. The Morgan fingerprint density at radius 3 is 2.71 bits per heavy atom. The minimum Gasteiger partial charge on any atom is -0.467 e. The van der Waals surface area contributed by atoms with Crippen LogP contribution in [0.4, 0.5) is 11.9 Å². The number of aromatic nitrogens is 5. The molecule has 0 fully saturated rings. The first-order chi connectivity index (χ1) is 10.0. The molecule has 0 aliphatic heterocycles. The lowest BCUT2D eigenvalue weighted by atomic mass is 10.1. The fraction of sp³-hybridized carbons (Fsp3) is 0.417. The number of esters is 1. The van der Waals surface area contributed by atoms with Crippen molar-refractivity contribution in [2.24, 2.45) is 5.92 Å². The van der Waals surface area contributed by atoms with Gasteiger partial charge in [0.1, 0.15) is 12.4 Å². The van der Waals surface area contributed by atoms with Crippen LogP contribution in [0.1, 0.15) is 13.8 Å². The van der Waals surface area contributed by atoms with E-state index in [0.29, 0.717) is 5.95 Å². The second kappa shape index (κ2) is 6.16. The molecule has 2 aromatic heterocycles. The molecule has 0 aliphatic rings. The van der Waals surface area contributed by atoms with Crippen LogP contribution in [0.15, 0.2) is 18.7 Å². The number of hydrogen-bond donors (Lipinski definition) is 2. The molecule has 1 unspecified atom stereocenters. The van der Waals surface area contributed by atoms with Crippen molar-refractivity contribution in [2.75, 3.05) is 18.2 Å². The molecule has 9 nitrogen and oxygen atoms in total. The number of nitrogen functional groups attached to an aromatic ring is 1. The number of ether oxygens (including phenoxy) is 1. The van der Waals surface area contributed by atoms with Crippen LogP contribution in [0.2, 0.25) is 0 Å². The molecule has 0 radical (unpaired) electrons. The van der Waals surface area contributed by atoms with E-state index in [2.05, 4.69) is 25.3 Å². The van der Waals surface area contributed by atoms with Crippen molar-refractivity contribution in [2.45, 2.75) is 19.9 Å². The molecular weight excluding hydrogens is 274 g/mol. The van der Waals surface area contributed by atoms with Crippen molar-refractivity contribution in [3.05, 3.63) is 18.7 Å². The van der Waals surface area contributed by atoms with Gasteiger partial charge >= 0.3 is 5.97 Å². The number of rotatable bonds is 5. The van der Waals surface area contributed by atoms with Gasteiger partial charge in [-0.1, -0.05) is 13.8 Å². The molecule has 3 N–H and O–H groups in total. The maximum absolute atomic E-state index is 11.8. The molecule has 2 rings (SSSR count). The highest BCUT2D eigenvalue weighted by Gasteiger charge is 2.24. The predicted octanol–water partition coefficient (Wildman–Crippen LogP) is 0.249. The van der Waals surface area contributed by atoms with Gasteiger partial charge in [-0.15, -0.1) is 0 Å². The van der Waals surface area contributed by atoms with Crippen molar-refractivity contribution < 1.29 is 9.53 Å². The van der Waals surface area contributed by atoms with Crippen molar-refractivity contribution in [3.63, 3.8) is 0 Å². The van der Waals surface area contributed by atoms with Crippen LogP contribution < -0.4 is 11.1 Å². The van der Waals surface area contributed by atoms with Gasteiger partial charge in [0.2, 0.25) is 17.8 Å². The summed E-state index contributed by atoms with van der Waals surface area (Å²) in [6.45, 7) is 3.77. The molecule has 0 spiro atoms. The summed E-state index contributed by atoms with van der Waals surface area (Å²) in [5, 5.41) is 2.92. The van der Waals surface area contributed by atoms with Gasteiger partial charge in [0.15, 0.2) is 0 Å². The molecule has 1 atom stereocenters. The third-order valence-corrected chi connectivity index (χ3v) is 2.78. The second-order valence-corrected chi connectivity index (χ2v) is 4.68. The molecule has 0 saturated carbocycles. The number of carbonyl (C=O) groups excluding carboxylic acids is 1. The summed E-state index contributed by atoms with van der Waals surface area (Å²) in [5.41, 5.74) is 5.67. The van der Waals surface area contributed by atoms with Crippen LogP contribution in [0, 0.1) is 5.92 Å². The average Bonchev–Trinajstić information content (AvgIpc) is 2.97. The van der Waals surface area contributed by atoms with E-state index in [1.165, 1.54) is 7.11 Å². The monoisotopic (exact) mass is 291 g/mol. The fourth-order valence-corrected chi connectivity index (χ4v) is 1.70. The lowest BCUT2D eigenvalue weighted by molar-refractivity contribution is -0.142. The van der Waals surface area contributed by atoms with Gasteiger partial charge in [0.25, 0.3) is 0 Å². The Hall–Kier alpha value is -2.71. The summed E-state index contributed by atoms with van der Waals surface area (Å²) < 4.78 is 6.35. The highest BCUT2D eigenvalue weighted by molar-refractivity contribution is 5.78. The van der Waals surface area contributed by atoms with Crippen molar-refractivity contribution >= 4 is 17.9 Å². The number of nitrogens with two attached hydrogens (primary N) is 1. The molecule has 2 aromatic rings. The summed E-state index contributed by atoms with van der Waals surface area (Å²) in [5.74, 6) is 0.161. The van der Waals surface area contributed by atoms with E-state index in [0.717, 1.165) is 0 Å². The Morgan fingerprint density at radius 1 is 1.38 bits per heavy atom. The average molecular weight is 291 g/mol. The molecule has 0 saturated heterocycles. The largest absolute Gasteiger partial charge is 0.467 e. The summed E-state index contributed by atoms with van der Waals surface area (Å²) in [6, 6.07) is -0.576. The first-order valence-corrected chi connectivity index (χ1v) is 6.35. The first-order valence-electron chi connectivity index (χ1n) is 6.35. The summed E-state index contributed by atoms with van der Waals surface area (Å²) in [6.07, 6.45) is 4.82. The molecule has 21 heavy (non-hydrogen) atoms. The SMILES string of the molecule is COC(=O)C(Nc1nc(N)nc(-n2ccnc2)n1)C(C)C. The van der Waals surface area contributed by atoms with Crippen molar-refractivity contribution in [1.29, 1.82) is 0 Å². The number of carbonyl (C=O) groups is 1. The summed E-state index contributed by atoms with van der Waals surface area (Å²) in [7, 11) is 1.33. The quantitative estimate of drug-likeness (QED) is 0.752. The topological polar surface area (TPSA) is 121 Å².